The number of aromatic nitrogens is 2. The van der Waals surface area contributed by atoms with Crippen molar-refractivity contribution in [3.8, 4) is 22.7 Å². The van der Waals surface area contributed by atoms with Crippen molar-refractivity contribution in [3.63, 3.8) is 0 Å². The van der Waals surface area contributed by atoms with Gasteiger partial charge in [-0.05, 0) is 49.2 Å². The van der Waals surface area contributed by atoms with E-state index in [0.29, 0.717) is 6.42 Å². The van der Waals surface area contributed by atoms with Gasteiger partial charge in [0.1, 0.15) is 5.75 Å². The monoisotopic (exact) mass is 304 g/mol. The van der Waals surface area contributed by atoms with Crippen LogP contribution >= 0.6 is 0 Å². The summed E-state index contributed by atoms with van der Waals surface area (Å²) in [4.78, 5) is 12.5. The van der Waals surface area contributed by atoms with E-state index in [1.807, 2.05) is 47.1 Å². The number of carbonyl (C=O) groups is 1. The number of nitrogens with zero attached hydrogens (tertiary/aromatic N) is 2. The minimum atomic E-state index is 0.150. The number of benzene rings is 2. The lowest BCUT2D eigenvalue weighted by atomic mass is 9.92. The maximum Gasteiger partial charge on any atom is 0.166 e. The Morgan fingerprint density at radius 3 is 2.43 bits per heavy atom. The lowest BCUT2D eigenvalue weighted by Gasteiger charge is -2.12. The SMILES string of the molecule is O=C1CCCc2nn(-c3ccccc3)c(-c3ccc(O)cc3)c21. The van der Waals surface area contributed by atoms with Gasteiger partial charge >= 0.3 is 0 Å². The zero-order valence-corrected chi connectivity index (χ0v) is 12.6. The quantitative estimate of drug-likeness (QED) is 0.784. The summed E-state index contributed by atoms with van der Waals surface area (Å²) in [7, 11) is 0. The first-order valence-electron chi connectivity index (χ1n) is 7.74. The van der Waals surface area contributed by atoms with Gasteiger partial charge in [-0.1, -0.05) is 18.2 Å². The van der Waals surface area contributed by atoms with Crippen molar-refractivity contribution in [2.75, 3.05) is 0 Å². The Morgan fingerprint density at radius 2 is 1.70 bits per heavy atom. The number of hydrogen-bond acceptors (Lipinski definition) is 3. The fourth-order valence-electron chi connectivity index (χ4n) is 3.11. The molecule has 0 fully saturated rings. The first kappa shape index (κ1) is 13.8. The zero-order valence-electron chi connectivity index (χ0n) is 12.6. The molecule has 1 aliphatic rings. The molecule has 23 heavy (non-hydrogen) atoms. The molecule has 0 spiro atoms. The Labute approximate surface area is 134 Å². The standard InChI is InChI=1S/C19H16N2O2/c22-15-11-9-13(10-12-15)19-18-16(7-4-8-17(18)23)20-21(19)14-5-2-1-3-6-14/h1-3,5-6,9-12,22H,4,7-8H2. The molecule has 2 aromatic carbocycles. The number of Topliss-reactive ketones (excluding diaryl/α,β-unsaturated/α-hetero) is 1. The highest BCUT2D eigenvalue weighted by Gasteiger charge is 2.28. The van der Waals surface area contributed by atoms with Crippen molar-refractivity contribution < 1.29 is 9.90 Å². The molecular formula is C19H16N2O2. The van der Waals surface area contributed by atoms with Crippen molar-refractivity contribution in [1.29, 1.82) is 0 Å². The number of phenolic OH excluding ortho intramolecular Hbond substituents is 1. The van der Waals surface area contributed by atoms with Gasteiger partial charge in [-0.25, -0.2) is 4.68 Å². The van der Waals surface area contributed by atoms with Crippen molar-refractivity contribution >= 4 is 5.78 Å². The maximum atomic E-state index is 12.5. The summed E-state index contributed by atoms with van der Waals surface area (Å²) in [5.74, 6) is 0.358. The van der Waals surface area contributed by atoms with E-state index in [1.165, 1.54) is 0 Å². The average molecular weight is 304 g/mol. The van der Waals surface area contributed by atoms with Crippen LogP contribution in [0.1, 0.15) is 28.9 Å². The van der Waals surface area contributed by atoms with Crippen LogP contribution in [-0.4, -0.2) is 20.7 Å². The molecule has 4 heteroatoms. The molecule has 3 aromatic rings. The molecule has 0 saturated carbocycles. The first-order valence-corrected chi connectivity index (χ1v) is 7.74. The Bertz CT molecular complexity index is 864. The minimum absolute atomic E-state index is 0.150. The molecule has 4 nitrogen and oxygen atoms in total. The van der Waals surface area contributed by atoms with E-state index in [0.717, 1.165) is 41.0 Å². The minimum Gasteiger partial charge on any atom is -0.508 e. The van der Waals surface area contributed by atoms with Gasteiger partial charge < -0.3 is 5.11 Å². The molecule has 0 bridgehead atoms. The highest BCUT2D eigenvalue weighted by atomic mass is 16.3. The van der Waals surface area contributed by atoms with Gasteiger partial charge in [-0.2, -0.15) is 5.10 Å². The number of ketones is 1. The van der Waals surface area contributed by atoms with E-state index in [4.69, 9.17) is 5.10 Å². The molecule has 4 rings (SSSR count). The third kappa shape index (κ3) is 2.32. The van der Waals surface area contributed by atoms with Crippen LogP contribution in [-0.2, 0) is 6.42 Å². The van der Waals surface area contributed by atoms with Gasteiger partial charge in [0.25, 0.3) is 0 Å². The molecule has 0 radical (unpaired) electrons. The number of carbonyl (C=O) groups excluding carboxylic acids is 1. The highest BCUT2D eigenvalue weighted by Crippen LogP contribution is 2.34. The molecule has 1 aliphatic carbocycles. The third-order valence-electron chi connectivity index (χ3n) is 4.20. The average Bonchev–Trinajstić information content (AvgIpc) is 2.97. The Morgan fingerprint density at radius 1 is 0.957 bits per heavy atom. The van der Waals surface area contributed by atoms with E-state index in [1.54, 1.807) is 12.1 Å². The van der Waals surface area contributed by atoms with E-state index < -0.39 is 0 Å². The largest absolute Gasteiger partial charge is 0.508 e. The van der Waals surface area contributed by atoms with Gasteiger partial charge in [0.2, 0.25) is 0 Å². The van der Waals surface area contributed by atoms with Crippen LogP contribution in [0.15, 0.2) is 54.6 Å². The number of aromatic hydroxyl groups is 1. The molecule has 0 atom stereocenters. The topological polar surface area (TPSA) is 55.1 Å². The first-order chi connectivity index (χ1) is 11.2. The fraction of sp³-hybridized carbons (Fsp3) is 0.158. The molecule has 0 aliphatic heterocycles. The summed E-state index contributed by atoms with van der Waals surface area (Å²) in [6.45, 7) is 0. The van der Waals surface area contributed by atoms with Crippen LogP contribution in [0.5, 0.6) is 5.75 Å². The lowest BCUT2D eigenvalue weighted by molar-refractivity contribution is 0.0973. The zero-order chi connectivity index (χ0) is 15.8. The molecule has 1 N–H and O–H groups in total. The summed E-state index contributed by atoms with van der Waals surface area (Å²) in [6, 6.07) is 16.8. The van der Waals surface area contributed by atoms with E-state index in [-0.39, 0.29) is 11.5 Å². The predicted molar refractivity (Wildman–Crippen MR) is 87.9 cm³/mol. The number of hydrogen-bond donors (Lipinski definition) is 1. The summed E-state index contributed by atoms with van der Waals surface area (Å²) in [5, 5.41) is 14.2. The molecular weight excluding hydrogens is 288 g/mol. The number of phenols is 1. The third-order valence-corrected chi connectivity index (χ3v) is 4.20. The number of aryl methyl sites for hydroxylation is 1. The number of rotatable bonds is 2. The molecule has 0 unspecified atom stereocenters. The second-order valence-electron chi connectivity index (χ2n) is 5.74. The summed E-state index contributed by atoms with van der Waals surface area (Å²) in [6.07, 6.45) is 2.25. The van der Waals surface area contributed by atoms with Gasteiger partial charge in [0, 0.05) is 12.0 Å². The number of fused-ring (bicyclic) bond motifs is 1. The Hall–Kier alpha value is -2.88. The van der Waals surface area contributed by atoms with E-state index in [9.17, 15) is 9.90 Å². The van der Waals surface area contributed by atoms with Crippen molar-refractivity contribution in [2.24, 2.45) is 0 Å². The van der Waals surface area contributed by atoms with Crippen LogP contribution in [0.3, 0.4) is 0 Å². The van der Waals surface area contributed by atoms with Crippen molar-refractivity contribution in [3.05, 3.63) is 65.9 Å². The fourth-order valence-corrected chi connectivity index (χ4v) is 3.11. The Kier molecular flexibility index (Phi) is 3.23. The van der Waals surface area contributed by atoms with Gasteiger partial charge in [0.05, 0.1) is 22.6 Å². The van der Waals surface area contributed by atoms with Gasteiger partial charge in [-0.3, -0.25) is 4.79 Å². The summed E-state index contributed by atoms with van der Waals surface area (Å²) < 4.78 is 1.85. The highest BCUT2D eigenvalue weighted by molar-refractivity contribution is 6.03. The van der Waals surface area contributed by atoms with E-state index >= 15 is 0 Å². The second kappa shape index (κ2) is 5.39. The van der Waals surface area contributed by atoms with Crippen LogP contribution in [0.2, 0.25) is 0 Å². The van der Waals surface area contributed by atoms with Crippen molar-refractivity contribution in [2.45, 2.75) is 19.3 Å². The van der Waals surface area contributed by atoms with Crippen molar-refractivity contribution in [1.82, 2.24) is 9.78 Å². The molecule has 0 saturated heterocycles. The van der Waals surface area contributed by atoms with Crippen LogP contribution in [0.4, 0.5) is 0 Å². The smallest absolute Gasteiger partial charge is 0.166 e. The molecule has 1 heterocycles. The maximum absolute atomic E-state index is 12.5. The number of para-hydroxylation sites is 1. The lowest BCUT2D eigenvalue weighted by Crippen LogP contribution is -2.10. The normalized spacial score (nSPS) is 13.8. The van der Waals surface area contributed by atoms with Gasteiger partial charge in [0.15, 0.2) is 5.78 Å². The van der Waals surface area contributed by atoms with E-state index in [2.05, 4.69) is 0 Å². The molecule has 1 aromatic heterocycles. The van der Waals surface area contributed by atoms with Crippen LogP contribution in [0, 0.1) is 0 Å². The van der Waals surface area contributed by atoms with Crippen LogP contribution in [0.25, 0.3) is 16.9 Å². The predicted octanol–water partition coefficient (Wildman–Crippen LogP) is 3.76. The summed E-state index contributed by atoms with van der Waals surface area (Å²) in [5.41, 5.74) is 4.23. The second-order valence-corrected chi connectivity index (χ2v) is 5.74. The molecule has 114 valence electrons. The van der Waals surface area contributed by atoms with Crippen LogP contribution < -0.4 is 0 Å². The Balaban J connectivity index is 1.99. The molecule has 0 amide bonds. The summed E-state index contributed by atoms with van der Waals surface area (Å²) >= 11 is 0. The van der Waals surface area contributed by atoms with Gasteiger partial charge in [-0.15, -0.1) is 0 Å².